The van der Waals surface area contributed by atoms with E-state index in [-0.39, 0.29) is 24.5 Å². The number of benzene rings is 1. The number of rotatable bonds is 11. The fourth-order valence-corrected chi connectivity index (χ4v) is 5.15. The lowest BCUT2D eigenvalue weighted by Gasteiger charge is -2.32. The Morgan fingerprint density at radius 1 is 1.23 bits per heavy atom. The minimum atomic E-state index is -0.390. The molecule has 0 N–H and O–H groups in total. The molecule has 0 amide bonds. The molecule has 5 rings (SSSR count). The van der Waals surface area contributed by atoms with Gasteiger partial charge < -0.3 is 18.8 Å². The van der Waals surface area contributed by atoms with Gasteiger partial charge in [0.15, 0.2) is 0 Å². The number of hydrogen-bond donors (Lipinski definition) is 0. The summed E-state index contributed by atoms with van der Waals surface area (Å²) in [7, 11) is 0. The average Bonchev–Trinajstić information content (AvgIpc) is 3.30. The Kier molecular flexibility index (Phi) is 9.46. The first-order valence-electron chi connectivity index (χ1n) is 13.8. The highest BCUT2D eigenvalue weighted by Crippen LogP contribution is 2.29. The summed E-state index contributed by atoms with van der Waals surface area (Å²) in [5.41, 5.74) is 2.29. The second-order valence-corrected chi connectivity index (χ2v) is 10.5. The molecule has 1 atom stereocenters. The number of piperidine rings is 1. The first kappa shape index (κ1) is 28.3. The van der Waals surface area contributed by atoms with Gasteiger partial charge in [-0.25, -0.2) is 19.2 Å². The van der Waals surface area contributed by atoms with Gasteiger partial charge >= 0.3 is 5.97 Å². The molecule has 0 aliphatic carbocycles. The van der Waals surface area contributed by atoms with E-state index < -0.39 is 0 Å². The minimum absolute atomic E-state index is 0.0907. The molecule has 2 aromatic heterocycles. The Balaban J connectivity index is 1.18. The first-order chi connectivity index (χ1) is 19.5. The summed E-state index contributed by atoms with van der Waals surface area (Å²) in [4.78, 5) is 23.6. The van der Waals surface area contributed by atoms with Gasteiger partial charge in [-0.15, -0.1) is 0 Å². The van der Waals surface area contributed by atoms with E-state index in [4.69, 9.17) is 35.8 Å². The van der Waals surface area contributed by atoms with Crippen LogP contribution in [-0.4, -0.2) is 57.8 Å². The standard InChI is InChI=1S/C30H34ClFN4O4/c1-2-38-30(37)9-8-24-17-33-28(36(24)18-25-12-15-39-25)19-35-13-10-21(11-14-35)27-4-3-5-29(34-27)40-20-22-6-7-23(31)16-26(22)32/h3-9,16-17,21,25H,2,10-15,18-20H2,1H3/b9-8+/t25-/m0/s1. The summed E-state index contributed by atoms with van der Waals surface area (Å²) >= 11 is 5.84. The van der Waals surface area contributed by atoms with Crippen LogP contribution in [0, 0.1) is 5.82 Å². The van der Waals surface area contributed by atoms with Crippen molar-refractivity contribution in [1.29, 1.82) is 0 Å². The SMILES string of the molecule is CCOC(=O)/C=C/c1cnc(CN2CCC(c3cccc(OCc4ccc(Cl)cc4F)n3)CC2)n1C[C@@H]1CCO1. The van der Waals surface area contributed by atoms with Crippen molar-refractivity contribution in [2.75, 3.05) is 26.3 Å². The lowest BCUT2D eigenvalue weighted by molar-refractivity contribution is -0.137. The monoisotopic (exact) mass is 568 g/mol. The molecule has 40 heavy (non-hydrogen) atoms. The second kappa shape index (κ2) is 13.4. The number of hydrogen-bond acceptors (Lipinski definition) is 7. The van der Waals surface area contributed by atoms with Crippen molar-refractivity contribution in [1.82, 2.24) is 19.4 Å². The molecule has 0 unspecified atom stereocenters. The van der Waals surface area contributed by atoms with Crippen LogP contribution in [0.1, 0.15) is 54.9 Å². The molecular formula is C30H34ClFN4O4. The number of aromatic nitrogens is 3. The summed E-state index contributed by atoms with van der Waals surface area (Å²) in [6.07, 6.45) is 8.14. The second-order valence-electron chi connectivity index (χ2n) is 10.1. The van der Waals surface area contributed by atoms with Crippen LogP contribution in [0.15, 0.2) is 48.7 Å². The van der Waals surface area contributed by atoms with Crippen molar-refractivity contribution < 1.29 is 23.4 Å². The van der Waals surface area contributed by atoms with Crippen LogP contribution in [0.25, 0.3) is 6.08 Å². The van der Waals surface area contributed by atoms with Crippen LogP contribution in [0.3, 0.4) is 0 Å². The smallest absolute Gasteiger partial charge is 0.330 e. The molecule has 4 heterocycles. The van der Waals surface area contributed by atoms with Crippen molar-refractivity contribution in [3.63, 3.8) is 0 Å². The molecule has 0 saturated carbocycles. The highest BCUT2D eigenvalue weighted by atomic mass is 35.5. The Labute approximate surface area is 238 Å². The predicted octanol–water partition coefficient (Wildman–Crippen LogP) is 5.39. The molecule has 1 aromatic carbocycles. The van der Waals surface area contributed by atoms with E-state index >= 15 is 0 Å². The van der Waals surface area contributed by atoms with E-state index in [1.54, 1.807) is 31.2 Å². The molecule has 8 nitrogen and oxygen atoms in total. The molecular weight excluding hydrogens is 535 g/mol. The Bertz CT molecular complexity index is 1330. The van der Waals surface area contributed by atoms with Crippen LogP contribution in [0.4, 0.5) is 4.39 Å². The van der Waals surface area contributed by atoms with Gasteiger partial charge in [-0.3, -0.25) is 4.90 Å². The Hall–Kier alpha value is -3.27. The van der Waals surface area contributed by atoms with Crippen LogP contribution >= 0.6 is 11.6 Å². The lowest BCUT2D eigenvalue weighted by atomic mass is 9.93. The Morgan fingerprint density at radius 2 is 2.05 bits per heavy atom. The van der Waals surface area contributed by atoms with Crippen LogP contribution in [-0.2, 0) is 34.0 Å². The number of carbonyl (C=O) groups is 1. The molecule has 0 radical (unpaired) electrons. The summed E-state index contributed by atoms with van der Waals surface area (Å²) in [5, 5.41) is 0.357. The van der Waals surface area contributed by atoms with Gasteiger partial charge in [0.05, 0.1) is 37.7 Å². The van der Waals surface area contributed by atoms with E-state index in [1.165, 1.54) is 12.1 Å². The summed E-state index contributed by atoms with van der Waals surface area (Å²) in [6.45, 7) is 6.26. The minimum Gasteiger partial charge on any atom is -0.473 e. The van der Waals surface area contributed by atoms with Gasteiger partial charge in [0.2, 0.25) is 5.88 Å². The molecule has 3 aromatic rings. The topological polar surface area (TPSA) is 78.7 Å². The van der Waals surface area contributed by atoms with Crippen molar-refractivity contribution in [3.8, 4) is 5.88 Å². The average molecular weight is 569 g/mol. The van der Waals surface area contributed by atoms with Crippen molar-refractivity contribution in [3.05, 3.63) is 82.3 Å². The largest absolute Gasteiger partial charge is 0.473 e. The fourth-order valence-electron chi connectivity index (χ4n) is 4.99. The lowest BCUT2D eigenvalue weighted by Crippen LogP contribution is -2.35. The van der Waals surface area contributed by atoms with E-state index in [0.717, 1.165) is 62.7 Å². The highest BCUT2D eigenvalue weighted by molar-refractivity contribution is 6.30. The van der Waals surface area contributed by atoms with Crippen LogP contribution < -0.4 is 4.74 Å². The third kappa shape index (κ3) is 7.27. The van der Waals surface area contributed by atoms with Gasteiger partial charge in [-0.05, 0) is 63.6 Å². The third-order valence-electron chi connectivity index (χ3n) is 7.33. The quantitative estimate of drug-likeness (QED) is 0.226. The van der Waals surface area contributed by atoms with E-state index in [2.05, 4.69) is 9.47 Å². The molecule has 2 fully saturated rings. The zero-order chi connectivity index (χ0) is 27.9. The fraction of sp³-hybridized carbons (Fsp3) is 0.433. The van der Waals surface area contributed by atoms with Crippen molar-refractivity contribution in [2.24, 2.45) is 0 Å². The number of nitrogens with zero attached hydrogens (tertiary/aromatic N) is 4. The van der Waals surface area contributed by atoms with Gasteiger partial charge in [-0.1, -0.05) is 23.7 Å². The summed E-state index contributed by atoms with van der Waals surface area (Å²) < 4.78 is 32.7. The number of ether oxygens (including phenoxy) is 3. The van der Waals surface area contributed by atoms with Gasteiger partial charge in [0.1, 0.15) is 18.2 Å². The maximum Gasteiger partial charge on any atom is 0.330 e. The molecule has 0 spiro atoms. The molecule has 212 valence electrons. The molecule has 0 bridgehead atoms. The molecule has 2 aliphatic rings. The number of pyridine rings is 1. The zero-order valence-electron chi connectivity index (χ0n) is 22.6. The van der Waals surface area contributed by atoms with Crippen molar-refractivity contribution >= 4 is 23.6 Å². The van der Waals surface area contributed by atoms with Gasteiger partial charge in [0.25, 0.3) is 0 Å². The zero-order valence-corrected chi connectivity index (χ0v) is 23.4. The van der Waals surface area contributed by atoms with Crippen molar-refractivity contribution in [2.45, 2.75) is 57.9 Å². The van der Waals surface area contributed by atoms with Gasteiger partial charge in [0, 0.05) is 40.9 Å². The number of esters is 1. The predicted molar refractivity (Wildman–Crippen MR) is 149 cm³/mol. The summed E-state index contributed by atoms with van der Waals surface area (Å²) in [5.74, 6) is 1.01. The maximum atomic E-state index is 14.1. The van der Waals surface area contributed by atoms with E-state index in [1.807, 2.05) is 18.3 Å². The number of likely N-dealkylation sites (tertiary alicyclic amines) is 1. The first-order valence-corrected chi connectivity index (χ1v) is 14.1. The van der Waals surface area contributed by atoms with Crippen LogP contribution in [0.2, 0.25) is 5.02 Å². The summed E-state index contributed by atoms with van der Waals surface area (Å²) in [6, 6.07) is 10.3. The number of halogens is 2. The molecule has 2 aliphatic heterocycles. The Morgan fingerprint density at radius 3 is 2.77 bits per heavy atom. The third-order valence-corrected chi connectivity index (χ3v) is 7.57. The normalized spacial score (nSPS) is 18.1. The van der Waals surface area contributed by atoms with E-state index in [9.17, 15) is 9.18 Å². The highest BCUT2D eigenvalue weighted by Gasteiger charge is 2.25. The number of carbonyl (C=O) groups excluding carboxylic acids is 1. The number of imidazole rings is 1. The molecule has 2 saturated heterocycles. The van der Waals surface area contributed by atoms with Gasteiger partial charge in [-0.2, -0.15) is 0 Å². The maximum absolute atomic E-state index is 14.1. The van der Waals surface area contributed by atoms with Crippen LogP contribution in [0.5, 0.6) is 5.88 Å². The van der Waals surface area contributed by atoms with E-state index in [0.29, 0.717) is 35.5 Å². The molecule has 10 heteroatoms.